The number of rotatable bonds is 6. The highest BCUT2D eigenvalue weighted by atomic mass is 35.5. The molecule has 152 valence electrons. The minimum Gasteiger partial charge on any atom is -0.358 e. The predicted molar refractivity (Wildman–Crippen MR) is 110 cm³/mol. The summed E-state index contributed by atoms with van der Waals surface area (Å²) in [6.07, 6.45) is 0. The van der Waals surface area contributed by atoms with E-state index < -0.39 is 10.8 Å². The first-order valence-corrected chi connectivity index (χ1v) is 9.38. The van der Waals surface area contributed by atoms with E-state index in [2.05, 4.69) is 15.5 Å². The molecule has 9 nitrogen and oxygen atoms in total. The van der Waals surface area contributed by atoms with E-state index in [1.165, 1.54) is 6.07 Å². The minimum atomic E-state index is -0.572. The first-order chi connectivity index (χ1) is 13.7. The van der Waals surface area contributed by atoms with Crippen LogP contribution in [0, 0.1) is 30.9 Å². The summed E-state index contributed by atoms with van der Waals surface area (Å²) in [5.74, 6) is -0.675. The molecule has 3 rings (SSSR count). The Hall–Kier alpha value is -2.91. The Balaban J connectivity index is 1.78. The molecule has 0 bridgehead atoms. The van der Waals surface area contributed by atoms with E-state index in [1.807, 2.05) is 13.0 Å². The largest absolute Gasteiger partial charge is 0.358 e. The summed E-state index contributed by atoms with van der Waals surface area (Å²) in [5.41, 5.74) is 3.19. The lowest BCUT2D eigenvalue weighted by molar-refractivity contribution is -0.392. The van der Waals surface area contributed by atoms with Crippen molar-refractivity contribution in [1.29, 1.82) is 0 Å². The Morgan fingerprint density at radius 1 is 1.17 bits per heavy atom. The van der Waals surface area contributed by atoms with Crippen molar-refractivity contribution in [2.75, 3.05) is 5.32 Å². The number of aryl methyl sites for hydroxylation is 2. The zero-order chi connectivity index (χ0) is 21.3. The molecule has 3 aromatic rings. The van der Waals surface area contributed by atoms with Gasteiger partial charge >= 0.3 is 5.82 Å². The normalized spacial score (nSPS) is 10.9. The second kappa shape index (κ2) is 8.22. The zero-order valence-electron chi connectivity index (χ0n) is 15.9. The van der Waals surface area contributed by atoms with Crippen molar-refractivity contribution < 1.29 is 9.72 Å². The molecule has 0 aliphatic carbocycles. The lowest BCUT2D eigenvalue weighted by Gasteiger charge is -2.08. The van der Waals surface area contributed by atoms with Gasteiger partial charge in [0.1, 0.15) is 0 Å². The standard InChI is InChI=1S/C18H18Cl2N6O3/c1-10-6-17(26(28)29)25(22-10)9-16(27)21-18-11(2)23-24(12(18)3)8-13-4-5-14(19)7-15(13)20/h4-7H,8-9H2,1-3H3,(H,21,27). The Kier molecular flexibility index (Phi) is 5.90. The van der Waals surface area contributed by atoms with Gasteiger partial charge in [0.15, 0.2) is 6.54 Å². The summed E-state index contributed by atoms with van der Waals surface area (Å²) in [6.45, 7) is 5.34. The smallest absolute Gasteiger partial charge is 0.345 e. The SMILES string of the molecule is Cc1cc([N+](=O)[O-])n(CC(=O)Nc2c(C)nn(Cc3ccc(Cl)cc3Cl)c2C)n1. The number of nitrogens with zero attached hydrogens (tertiary/aromatic N) is 5. The van der Waals surface area contributed by atoms with Crippen LogP contribution in [0.2, 0.25) is 10.0 Å². The van der Waals surface area contributed by atoms with E-state index in [4.69, 9.17) is 23.2 Å². The third-order valence-electron chi connectivity index (χ3n) is 4.34. The van der Waals surface area contributed by atoms with Gasteiger partial charge in [0.05, 0.1) is 35.4 Å². The average Bonchev–Trinajstić information content (AvgIpc) is 3.12. The molecule has 0 aliphatic heterocycles. The molecule has 1 N–H and O–H groups in total. The Bertz CT molecular complexity index is 1110. The quantitative estimate of drug-likeness (QED) is 0.465. The topological polar surface area (TPSA) is 108 Å². The molecule has 0 atom stereocenters. The molecule has 1 aromatic carbocycles. The Morgan fingerprint density at radius 3 is 2.55 bits per heavy atom. The third-order valence-corrected chi connectivity index (χ3v) is 4.93. The molecule has 1 amide bonds. The second-order valence-electron chi connectivity index (χ2n) is 6.55. The van der Waals surface area contributed by atoms with Crippen molar-refractivity contribution in [3.63, 3.8) is 0 Å². The van der Waals surface area contributed by atoms with Gasteiger partial charge in [-0.25, -0.2) is 0 Å². The van der Waals surface area contributed by atoms with Crippen LogP contribution >= 0.6 is 23.2 Å². The van der Waals surface area contributed by atoms with E-state index in [9.17, 15) is 14.9 Å². The number of amides is 1. The first kappa shape index (κ1) is 20.8. The van der Waals surface area contributed by atoms with Gasteiger partial charge in [0.25, 0.3) is 5.91 Å². The van der Waals surface area contributed by atoms with Gasteiger partial charge in [-0.15, -0.1) is 4.68 Å². The average molecular weight is 437 g/mol. The van der Waals surface area contributed by atoms with E-state index in [0.29, 0.717) is 33.7 Å². The molecule has 11 heteroatoms. The van der Waals surface area contributed by atoms with Crippen molar-refractivity contribution in [2.45, 2.75) is 33.9 Å². The van der Waals surface area contributed by atoms with Gasteiger partial charge in [-0.2, -0.15) is 5.10 Å². The number of carbonyl (C=O) groups is 1. The summed E-state index contributed by atoms with van der Waals surface area (Å²) >= 11 is 12.2. The predicted octanol–water partition coefficient (Wildman–Crippen LogP) is 3.91. The van der Waals surface area contributed by atoms with Gasteiger partial charge in [-0.05, 0) is 43.4 Å². The molecule has 2 heterocycles. The summed E-state index contributed by atoms with van der Waals surface area (Å²) in [5, 5.41) is 23.4. The number of aromatic nitrogens is 4. The first-order valence-electron chi connectivity index (χ1n) is 8.62. The fourth-order valence-corrected chi connectivity index (χ4v) is 3.42. The number of benzene rings is 1. The summed E-state index contributed by atoms with van der Waals surface area (Å²) < 4.78 is 2.79. The molecule has 0 radical (unpaired) electrons. The number of hydrogen-bond acceptors (Lipinski definition) is 5. The van der Waals surface area contributed by atoms with Crippen LogP contribution in [0.15, 0.2) is 24.3 Å². The third kappa shape index (κ3) is 4.57. The van der Waals surface area contributed by atoms with Crippen LogP contribution in [0.4, 0.5) is 11.5 Å². The maximum atomic E-state index is 12.5. The zero-order valence-corrected chi connectivity index (χ0v) is 17.5. The molecule has 0 fully saturated rings. The number of anilines is 1. The fraction of sp³-hybridized carbons (Fsp3) is 0.278. The number of nitrogens with one attached hydrogen (secondary N) is 1. The maximum absolute atomic E-state index is 12.5. The fourth-order valence-electron chi connectivity index (χ4n) is 2.95. The van der Waals surface area contributed by atoms with Crippen LogP contribution in [0.3, 0.4) is 0 Å². The summed E-state index contributed by atoms with van der Waals surface area (Å²) in [7, 11) is 0. The van der Waals surface area contributed by atoms with Gasteiger partial charge < -0.3 is 15.4 Å². The molecule has 0 unspecified atom stereocenters. The van der Waals surface area contributed by atoms with Crippen molar-refractivity contribution in [3.8, 4) is 0 Å². The molecule has 0 saturated carbocycles. The van der Waals surface area contributed by atoms with Crippen LogP contribution < -0.4 is 5.32 Å². The molecule has 0 aliphatic rings. The monoisotopic (exact) mass is 436 g/mol. The molecule has 2 aromatic heterocycles. The van der Waals surface area contributed by atoms with Crippen LogP contribution in [0.25, 0.3) is 0 Å². The van der Waals surface area contributed by atoms with Crippen molar-refractivity contribution in [3.05, 3.63) is 67.1 Å². The molecular weight excluding hydrogens is 419 g/mol. The highest BCUT2D eigenvalue weighted by Gasteiger charge is 2.21. The molecule has 0 saturated heterocycles. The van der Waals surface area contributed by atoms with Crippen LogP contribution in [-0.2, 0) is 17.9 Å². The Morgan fingerprint density at radius 2 is 1.90 bits per heavy atom. The summed E-state index contributed by atoms with van der Waals surface area (Å²) in [6, 6.07) is 6.54. The minimum absolute atomic E-state index is 0.237. The van der Waals surface area contributed by atoms with E-state index in [0.717, 1.165) is 15.9 Å². The van der Waals surface area contributed by atoms with Crippen molar-refractivity contribution >= 4 is 40.6 Å². The van der Waals surface area contributed by atoms with Crippen LogP contribution in [0.5, 0.6) is 0 Å². The second-order valence-corrected chi connectivity index (χ2v) is 7.39. The maximum Gasteiger partial charge on any atom is 0.345 e. The van der Waals surface area contributed by atoms with Crippen LogP contribution in [-0.4, -0.2) is 30.4 Å². The number of hydrogen-bond donors (Lipinski definition) is 1. The molecular formula is C18H18Cl2N6O3. The molecule has 0 spiro atoms. The number of nitro groups is 1. The highest BCUT2D eigenvalue weighted by molar-refractivity contribution is 6.35. The van der Waals surface area contributed by atoms with Crippen LogP contribution in [0.1, 0.15) is 22.6 Å². The van der Waals surface area contributed by atoms with Gasteiger partial charge in [-0.1, -0.05) is 34.4 Å². The van der Waals surface area contributed by atoms with Gasteiger partial charge in [0.2, 0.25) is 0 Å². The van der Waals surface area contributed by atoms with E-state index >= 15 is 0 Å². The van der Waals surface area contributed by atoms with Gasteiger partial charge in [-0.3, -0.25) is 9.48 Å². The van der Waals surface area contributed by atoms with Gasteiger partial charge in [0, 0.05) is 10.0 Å². The number of halogens is 2. The van der Waals surface area contributed by atoms with Crippen molar-refractivity contribution in [1.82, 2.24) is 19.6 Å². The lowest BCUT2D eigenvalue weighted by Crippen LogP contribution is -2.21. The molecule has 29 heavy (non-hydrogen) atoms. The Labute approximate surface area is 176 Å². The highest BCUT2D eigenvalue weighted by Crippen LogP contribution is 2.25. The number of carbonyl (C=O) groups excluding carboxylic acids is 1. The lowest BCUT2D eigenvalue weighted by atomic mass is 10.2. The summed E-state index contributed by atoms with van der Waals surface area (Å²) in [4.78, 5) is 23.0. The van der Waals surface area contributed by atoms with E-state index in [-0.39, 0.29) is 12.4 Å². The van der Waals surface area contributed by atoms with E-state index in [1.54, 1.807) is 30.7 Å². The van der Waals surface area contributed by atoms with Crippen molar-refractivity contribution in [2.24, 2.45) is 0 Å².